The van der Waals surface area contributed by atoms with Crippen LogP contribution in [0.25, 0.3) is 5.57 Å². The van der Waals surface area contributed by atoms with Gasteiger partial charge in [-0.25, -0.2) is 0 Å². The molecule has 0 unspecified atom stereocenters. The van der Waals surface area contributed by atoms with E-state index in [1.54, 1.807) is 5.57 Å². The predicted octanol–water partition coefficient (Wildman–Crippen LogP) is 4.86. The normalized spacial score (nSPS) is 19.1. The van der Waals surface area contributed by atoms with Crippen molar-refractivity contribution in [2.24, 2.45) is 0 Å². The number of rotatable bonds is 1. The number of allylic oxidation sites excluding steroid dienone is 4. The molecule has 0 aliphatic carbocycles. The Bertz CT molecular complexity index is 454. The van der Waals surface area contributed by atoms with Crippen molar-refractivity contribution in [3.05, 3.63) is 53.1 Å². The molecule has 17 heavy (non-hydrogen) atoms. The molecule has 0 atom stereocenters. The molecular formula is C16H21I. The summed E-state index contributed by atoms with van der Waals surface area (Å²) in [4.78, 5) is 2.50. The molecule has 1 aliphatic rings. The van der Waals surface area contributed by atoms with E-state index in [1.165, 1.54) is 32.0 Å². The summed E-state index contributed by atoms with van der Waals surface area (Å²) < 4.78 is 2.83. The first kappa shape index (κ1) is 12.9. The number of alkyl halides is 3. The van der Waals surface area contributed by atoms with E-state index in [1.807, 2.05) is 0 Å². The molecule has 0 N–H and O–H groups in total. The maximum atomic E-state index is 2.50. The van der Waals surface area contributed by atoms with E-state index in [2.05, 4.69) is 55.2 Å². The van der Waals surface area contributed by atoms with E-state index < -0.39 is 19.8 Å². The van der Waals surface area contributed by atoms with Gasteiger partial charge in [0.15, 0.2) is 0 Å². The molecule has 0 bridgehead atoms. The molecule has 1 aromatic carbocycles. The summed E-state index contributed by atoms with van der Waals surface area (Å²) in [5.74, 6) is 0. The van der Waals surface area contributed by atoms with Gasteiger partial charge in [0.1, 0.15) is 0 Å². The van der Waals surface area contributed by atoms with Crippen molar-refractivity contribution in [1.82, 2.24) is 0 Å². The predicted molar refractivity (Wildman–Crippen MR) is 87.2 cm³/mol. The van der Waals surface area contributed by atoms with Gasteiger partial charge in [-0.1, -0.05) is 0 Å². The number of hydrogen-bond donors (Lipinski definition) is 0. The van der Waals surface area contributed by atoms with Gasteiger partial charge in [-0.15, -0.1) is 0 Å². The van der Waals surface area contributed by atoms with Crippen LogP contribution in [0.1, 0.15) is 24.5 Å². The fraction of sp³-hybridized carbons (Fsp3) is 0.375. The summed E-state index contributed by atoms with van der Waals surface area (Å²) in [6.45, 7) is 4.48. The van der Waals surface area contributed by atoms with Gasteiger partial charge in [0.25, 0.3) is 0 Å². The van der Waals surface area contributed by atoms with Gasteiger partial charge in [-0.05, 0) is 0 Å². The average molecular weight is 340 g/mol. The van der Waals surface area contributed by atoms with E-state index in [0.29, 0.717) is 0 Å². The third-order valence-corrected chi connectivity index (χ3v) is 7.73. The molecule has 1 aliphatic heterocycles. The second kappa shape index (κ2) is 5.85. The van der Waals surface area contributed by atoms with Crippen LogP contribution in [0.15, 0.2) is 42.0 Å². The van der Waals surface area contributed by atoms with Crippen LogP contribution in [0, 0.1) is 6.92 Å². The Morgan fingerprint density at radius 1 is 1.12 bits per heavy atom. The molecule has 0 saturated carbocycles. The van der Waals surface area contributed by atoms with Gasteiger partial charge < -0.3 is 0 Å². The van der Waals surface area contributed by atoms with E-state index in [0.717, 1.165) is 0 Å². The zero-order valence-electron chi connectivity index (χ0n) is 11.0. The molecule has 92 valence electrons. The fourth-order valence-electron chi connectivity index (χ4n) is 2.26. The zero-order valence-corrected chi connectivity index (χ0v) is 13.1. The second-order valence-corrected chi connectivity index (χ2v) is 10.8. The molecule has 0 spiro atoms. The molecule has 0 saturated heterocycles. The summed E-state index contributed by atoms with van der Waals surface area (Å²) in [5, 5.41) is 0. The van der Waals surface area contributed by atoms with Crippen molar-refractivity contribution in [1.29, 1.82) is 0 Å². The van der Waals surface area contributed by atoms with Crippen molar-refractivity contribution in [3.8, 4) is 0 Å². The van der Waals surface area contributed by atoms with Gasteiger partial charge in [0.2, 0.25) is 0 Å². The number of benzene rings is 1. The fourth-order valence-corrected chi connectivity index (χ4v) is 5.29. The summed E-state index contributed by atoms with van der Waals surface area (Å²) in [7, 11) is 0. The van der Waals surface area contributed by atoms with Crippen molar-refractivity contribution in [3.63, 3.8) is 0 Å². The molecule has 0 nitrogen and oxygen atoms in total. The summed E-state index contributed by atoms with van der Waals surface area (Å²) in [6.07, 6.45) is 6.02. The summed E-state index contributed by atoms with van der Waals surface area (Å²) in [6, 6.07) is 8.79. The molecule has 0 aromatic heterocycles. The minimum absolute atomic E-state index is 0.661. The van der Waals surface area contributed by atoms with E-state index in [9.17, 15) is 0 Å². The molecular weight excluding hydrogens is 319 g/mol. The molecule has 2 rings (SSSR count). The first-order valence-electron chi connectivity index (χ1n) is 6.12. The monoisotopic (exact) mass is 340 g/mol. The van der Waals surface area contributed by atoms with Crippen LogP contribution in [-0.2, 0) is 0 Å². The van der Waals surface area contributed by atoms with Gasteiger partial charge in [-0.3, -0.25) is 0 Å². The Morgan fingerprint density at radius 3 is 2.65 bits per heavy atom. The van der Waals surface area contributed by atoms with Gasteiger partial charge >= 0.3 is 113 Å². The topological polar surface area (TPSA) is 0 Å². The van der Waals surface area contributed by atoms with Crippen LogP contribution in [0.5, 0.6) is 0 Å². The van der Waals surface area contributed by atoms with E-state index >= 15 is 0 Å². The van der Waals surface area contributed by atoms with Crippen LogP contribution >= 0.6 is 19.8 Å². The zero-order chi connectivity index (χ0) is 12.3. The van der Waals surface area contributed by atoms with Crippen LogP contribution < -0.4 is 0 Å². The van der Waals surface area contributed by atoms with Crippen LogP contribution in [0.4, 0.5) is 0 Å². The Kier molecular flexibility index (Phi) is 4.43. The Labute approximate surface area is 112 Å². The van der Waals surface area contributed by atoms with E-state index in [4.69, 9.17) is 0 Å². The molecule has 0 radical (unpaired) electrons. The van der Waals surface area contributed by atoms with Crippen LogP contribution in [-0.4, -0.2) is 13.8 Å². The third kappa shape index (κ3) is 3.21. The summed E-state index contributed by atoms with van der Waals surface area (Å²) in [5.41, 5.74) is 5.90. The minimum atomic E-state index is -0.661. The Balaban J connectivity index is 2.41. The third-order valence-electron chi connectivity index (χ3n) is 3.33. The Morgan fingerprint density at radius 2 is 1.88 bits per heavy atom. The molecule has 1 aromatic rings. The number of hydrogen-bond acceptors (Lipinski definition) is 0. The first-order valence-corrected chi connectivity index (χ1v) is 11.3. The Hall–Kier alpha value is -0.570. The van der Waals surface area contributed by atoms with Gasteiger partial charge in [0, 0.05) is 0 Å². The van der Waals surface area contributed by atoms with Crippen LogP contribution in [0.2, 0.25) is 0 Å². The molecule has 0 fully saturated rings. The SMILES string of the molecule is CC1=C(c2ccccc2C)CCI(C)CC=C1. The number of halogens is 1. The standard InChI is InChI=1S/C16H21I/c1-13-7-4-5-9-15(13)16-10-12-17(3)11-6-8-14(16)2/h4-9H,10-12H2,1-3H3. The van der Waals surface area contributed by atoms with Crippen molar-refractivity contribution < 1.29 is 0 Å². The van der Waals surface area contributed by atoms with Crippen molar-refractivity contribution in [2.75, 3.05) is 13.8 Å². The second-order valence-electron chi connectivity index (χ2n) is 4.70. The van der Waals surface area contributed by atoms with Crippen LogP contribution in [0.3, 0.4) is 0 Å². The average Bonchev–Trinajstić information content (AvgIpc) is 2.29. The first-order chi connectivity index (χ1) is 8.18. The van der Waals surface area contributed by atoms with Gasteiger partial charge in [0.05, 0.1) is 0 Å². The van der Waals surface area contributed by atoms with Crippen molar-refractivity contribution in [2.45, 2.75) is 20.3 Å². The maximum absolute atomic E-state index is 2.50. The summed E-state index contributed by atoms with van der Waals surface area (Å²) >= 11 is -0.661. The number of aryl methyl sites for hydroxylation is 1. The molecule has 1 heterocycles. The van der Waals surface area contributed by atoms with E-state index in [-0.39, 0.29) is 0 Å². The molecule has 0 amide bonds. The molecule has 1 heteroatoms. The van der Waals surface area contributed by atoms with Crippen molar-refractivity contribution >= 4 is 25.4 Å². The van der Waals surface area contributed by atoms with Gasteiger partial charge in [-0.2, -0.15) is 0 Å². The quantitative estimate of drug-likeness (QED) is 0.506.